The molecule has 0 saturated carbocycles. The van der Waals surface area contributed by atoms with E-state index in [1.165, 1.54) is 0 Å². The lowest BCUT2D eigenvalue weighted by atomic mass is 10.0. The highest BCUT2D eigenvalue weighted by molar-refractivity contribution is 9.10. The van der Waals surface area contributed by atoms with Gasteiger partial charge >= 0.3 is 0 Å². The number of oxime groups is 1. The van der Waals surface area contributed by atoms with E-state index in [9.17, 15) is 8.78 Å². The maximum absolute atomic E-state index is 13.4. The molecule has 80 valence electrons. The molecule has 1 heterocycles. The van der Waals surface area contributed by atoms with E-state index in [0.717, 1.165) is 6.07 Å². The molecule has 0 saturated heterocycles. The first-order chi connectivity index (χ1) is 7.15. The zero-order chi connectivity index (χ0) is 11.0. The van der Waals surface area contributed by atoms with Crippen molar-refractivity contribution in [2.75, 3.05) is 6.61 Å². The van der Waals surface area contributed by atoms with Crippen molar-refractivity contribution in [1.29, 1.82) is 0 Å². The van der Waals surface area contributed by atoms with Crippen LogP contribution in [0, 0.1) is 11.6 Å². The van der Waals surface area contributed by atoms with Crippen molar-refractivity contribution in [3.63, 3.8) is 0 Å². The number of benzene rings is 1. The minimum Gasteiger partial charge on any atom is -0.491 e. The van der Waals surface area contributed by atoms with Crippen molar-refractivity contribution >= 4 is 21.6 Å². The topological polar surface area (TPSA) is 41.8 Å². The second-order valence-corrected chi connectivity index (χ2v) is 3.86. The molecule has 0 aliphatic carbocycles. The van der Waals surface area contributed by atoms with E-state index in [1.807, 2.05) is 0 Å². The SMILES string of the molecule is O/N=C1\CCOc2c(Br)cc(F)c(F)c21. The maximum Gasteiger partial charge on any atom is 0.171 e. The normalized spacial score (nSPS) is 17.4. The first-order valence-electron chi connectivity index (χ1n) is 4.16. The Morgan fingerprint density at radius 1 is 1.47 bits per heavy atom. The summed E-state index contributed by atoms with van der Waals surface area (Å²) in [6.07, 6.45) is 0.246. The van der Waals surface area contributed by atoms with Crippen molar-refractivity contribution in [2.45, 2.75) is 6.42 Å². The van der Waals surface area contributed by atoms with Gasteiger partial charge in [-0.25, -0.2) is 8.78 Å². The largest absolute Gasteiger partial charge is 0.491 e. The molecule has 1 aliphatic heterocycles. The fourth-order valence-electron chi connectivity index (χ4n) is 1.45. The lowest BCUT2D eigenvalue weighted by Crippen LogP contribution is -2.19. The fourth-order valence-corrected chi connectivity index (χ4v) is 1.97. The van der Waals surface area contributed by atoms with Crippen LogP contribution in [0.4, 0.5) is 8.78 Å². The van der Waals surface area contributed by atoms with Crippen molar-refractivity contribution in [3.05, 3.63) is 27.7 Å². The molecule has 0 spiro atoms. The molecule has 0 atom stereocenters. The Morgan fingerprint density at radius 2 is 2.20 bits per heavy atom. The fraction of sp³-hybridized carbons (Fsp3) is 0.222. The molecule has 0 unspecified atom stereocenters. The number of ether oxygens (including phenoxy) is 1. The van der Waals surface area contributed by atoms with E-state index in [1.54, 1.807) is 0 Å². The third kappa shape index (κ3) is 1.58. The second kappa shape index (κ2) is 3.77. The summed E-state index contributed by atoms with van der Waals surface area (Å²) < 4.78 is 32.0. The highest BCUT2D eigenvalue weighted by Crippen LogP contribution is 2.36. The quantitative estimate of drug-likeness (QED) is 0.450. The Hall–Kier alpha value is -1.17. The van der Waals surface area contributed by atoms with Gasteiger partial charge < -0.3 is 9.94 Å². The Balaban J connectivity index is 2.73. The van der Waals surface area contributed by atoms with E-state index in [-0.39, 0.29) is 30.1 Å². The minimum absolute atomic E-state index is 0.0916. The molecule has 0 radical (unpaired) electrons. The van der Waals surface area contributed by atoms with Gasteiger partial charge in [-0.05, 0) is 22.0 Å². The first-order valence-corrected chi connectivity index (χ1v) is 4.96. The highest BCUT2D eigenvalue weighted by Gasteiger charge is 2.26. The Morgan fingerprint density at radius 3 is 2.87 bits per heavy atom. The molecule has 1 aromatic carbocycles. The van der Waals surface area contributed by atoms with Gasteiger partial charge in [0.05, 0.1) is 22.4 Å². The van der Waals surface area contributed by atoms with E-state index in [2.05, 4.69) is 21.1 Å². The van der Waals surface area contributed by atoms with Crippen LogP contribution in [0.1, 0.15) is 12.0 Å². The van der Waals surface area contributed by atoms with Crippen LogP contribution in [0.5, 0.6) is 5.75 Å². The van der Waals surface area contributed by atoms with Crippen LogP contribution >= 0.6 is 15.9 Å². The average Bonchev–Trinajstić information content (AvgIpc) is 2.25. The number of rotatable bonds is 0. The number of nitrogens with zero attached hydrogens (tertiary/aromatic N) is 1. The molecule has 15 heavy (non-hydrogen) atoms. The summed E-state index contributed by atoms with van der Waals surface area (Å²) in [6, 6.07) is 0.981. The molecular formula is C9H6BrF2NO2. The van der Waals surface area contributed by atoms with Crippen molar-refractivity contribution in [2.24, 2.45) is 5.16 Å². The number of halogens is 3. The standard InChI is InChI=1S/C9H6BrF2NO2/c10-4-3-5(11)8(12)7-6(13-14)1-2-15-9(4)7/h3,14H,1-2H2/b13-6+. The molecule has 6 heteroatoms. The first kappa shape index (κ1) is 10.4. The lowest BCUT2D eigenvalue weighted by Gasteiger charge is -2.20. The van der Waals surface area contributed by atoms with Crippen LogP contribution in [-0.2, 0) is 0 Å². The molecule has 0 bridgehead atoms. The third-order valence-electron chi connectivity index (χ3n) is 2.12. The van der Waals surface area contributed by atoms with Gasteiger partial charge in [0.15, 0.2) is 11.6 Å². The van der Waals surface area contributed by atoms with Gasteiger partial charge in [0.1, 0.15) is 5.75 Å². The molecule has 3 nitrogen and oxygen atoms in total. The van der Waals surface area contributed by atoms with Gasteiger partial charge in [-0.3, -0.25) is 0 Å². The van der Waals surface area contributed by atoms with E-state index < -0.39 is 11.6 Å². The summed E-state index contributed by atoms with van der Waals surface area (Å²) in [6.45, 7) is 0.274. The number of hydrogen-bond donors (Lipinski definition) is 1. The van der Waals surface area contributed by atoms with Crippen LogP contribution in [0.2, 0.25) is 0 Å². The number of hydrogen-bond acceptors (Lipinski definition) is 3. The lowest BCUT2D eigenvalue weighted by molar-refractivity contribution is 0.293. The average molecular weight is 278 g/mol. The van der Waals surface area contributed by atoms with Crippen LogP contribution in [0.25, 0.3) is 0 Å². The Labute approximate surface area is 92.5 Å². The highest BCUT2D eigenvalue weighted by atomic mass is 79.9. The molecular weight excluding hydrogens is 272 g/mol. The number of fused-ring (bicyclic) bond motifs is 1. The van der Waals surface area contributed by atoms with Crippen LogP contribution in [0.15, 0.2) is 15.7 Å². The third-order valence-corrected chi connectivity index (χ3v) is 2.71. The van der Waals surface area contributed by atoms with Crippen molar-refractivity contribution in [3.8, 4) is 5.75 Å². The van der Waals surface area contributed by atoms with Crippen molar-refractivity contribution in [1.82, 2.24) is 0 Å². The van der Waals surface area contributed by atoms with Gasteiger partial charge in [0.25, 0.3) is 0 Å². The zero-order valence-electron chi connectivity index (χ0n) is 7.43. The molecule has 1 N–H and O–H groups in total. The summed E-state index contributed by atoms with van der Waals surface area (Å²) in [5.41, 5.74) is -0.0235. The minimum atomic E-state index is -1.05. The summed E-state index contributed by atoms with van der Waals surface area (Å²) in [5.74, 6) is -1.89. The van der Waals surface area contributed by atoms with Crippen LogP contribution in [0.3, 0.4) is 0 Å². The summed E-state index contributed by atoms with van der Waals surface area (Å²) >= 11 is 3.06. The predicted molar refractivity (Wildman–Crippen MR) is 52.5 cm³/mol. The van der Waals surface area contributed by atoms with Gasteiger partial charge in [-0.1, -0.05) is 5.16 Å². The zero-order valence-corrected chi connectivity index (χ0v) is 9.01. The second-order valence-electron chi connectivity index (χ2n) is 3.00. The van der Waals surface area contributed by atoms with Crippen molar-refractivity contribution < 1.29 is 18.7 Å². The van der Waals surface area contributed by atoms with E-state index in [4.69, 9.17) is 9.94 Å². The molecule has 0 amide bonds. The van der Waals surface area contributed by atoms with Gasteiger partial charge in [-0.15, -0.1) is 0 Å². The molecule has 2 rings (SSSR count). The van der Waals surface area contributed by atoms with Gasteiger partial charge in [0, 0.05) is 6.42 Å². The summed E-state index contributed by atoms with van der Waals surface area (Å²) in [4.78, 5) is 0. The molecule has 1 aromatic rings. The van der Waals surface area contributed by atoms with E-state index >= 15 is 0 Å². The van der Waals surface area contributed by atoms with Crippen LogP contribution < -0.4 is 4.74 Å². The summed E-state index contributed by atoms with van der Waals surface area (Å²) in [7, 11) is 0. The Kier molecular flexibility index (Phi) is 2.60. The van der Waals surface area contributed by atoms with Gasteiger partial charge in [-0.2, -0.15) is 0 Å². The monoisotopic (exact) mass is 277 g/mol. The molecule has 0 fully saturated rings. The smallest absolute Gasteiger partial charge is 0.171 e. The molecule has 1 aliphatic rings. The van der Waals surface area contributed by atoms with E-state index in [0.29, 0.717) is 4.47 Å². The van der Waals surface area contributed by atoms with Gasteiger partial charge in [0.2, 0.25) is 0 Å². The maximum atomic E-state index is 13.4. The predicted octanol–water partition coefficient (Wildman–Crippen LogP) is 2.69. The van der Waals surface area contributed by atoms with Crippen LogP contribution in [-0.4, -0.2) is 17.5 Å². The summed E-state index contributed by atoms with van der Waals surface area (Å²) in [5, 5.41) is 11.6. The Bertz CT molecular complexity index is 448. The molecule has 0 aromatic heterocycles.